The van der Waals surface area contributed by atoms with Crippen molar-refractivity contribution in [2.75, 3.05) is 20.3 Å². The first-order valence-electron chi connectivity index (χ1n) is 10.8. The van der Waals surface area contributed by atoms with Gasteiger partial charge in [-0.25, -0.2) is 9.67 Å². The number of aromatic amines is 1. The summed E-state index contributed by atoms with van der Waals surface area (Å²) in [5.41, 5.74) is 0.233. The van der Waals surface area contributed by atoms with E-state index < -0.39 is 0 Å². The van der Waals surface area contributed by atoms with Gasteiger partial charge in [-0.05, 0) is 24.6 Å². The topological polar surface area (TPSA) is 110 Å². The number of amides is 1. The monoisotopic (exact) mass is 447 g/mol. The Morgan fingerprint density at radius 1 is 1.06 bits per heavy atom. The first-order valence-corrected chi connectivity index (χ1v) is 10.8. The zero-order valence-electron chi connectivity index (χ0n) is 18.6. The van der Waals surface area contributed by atoms with Crippen molar-refractivity contribution in [3.8, 4) is 0 Å². The van der Waals surface area contributed by atoms with Crippen molar-refractivity contribution < 1.29 is 9.53 Å². The highest BCUT2D eigenvalue weighted by Gasteiger charge is 2.23. The van der Waals surface area contributed by atoms with Gasteiger partial charge < -0.3 is 14.6 Å². The first-order chi connectivity index (χ1) is 16.0. The predicted octanol–water partition coefficient (Wildman–Crippen LogP) is 2.33. The highest BCUT2D eigenvalue weighted by atomic mass is 16.5. The molecule has 0 aliphatic heterocycles. The van der Waals surface area contributed by atoms with Crippen LogP contribution in [0.2, 0.25) is 0 Å². The van der Waals surface area contributed by atoms with Crippen LogP contribution in [0.15, 0.2) is 58.1 Å². The lowest BCUT2D eigenvalue weighted by Gasteiger charge is -2.22. The van der Waals surface area contributed by atoms with Crippen molar-refractivity contribution >= 4 is 27.6 Å². The molecule has 0 radical (unpaired) electrons. The average Bonchev–Trinajstić information content (AvgIpc) is 2.83. The highest BCUT2D eigenvalue weighted by Crippen LogP contribution is 2.17. The van der Waals surface area contributed by atoms with Crippen LogP contribution in [0.4, 0.5) is 0 Å². The van der Waals surface area contributed by atoms with Crippen molar-refractivity contribution in [1.29, 1.82) is 0 Å². The number of methoxy groups -OCH3 is 1. The number of para-hydroxylation sites is 1. The molecule has 0 unspecified atom stereocenters. The van der Waals surface area contributed by atoms with Crippen LogP contribution >= 0.6 is 0 Å². The number of rotatable bonds is 8. The maximum absolute atomic E-state index is 13.7. The van der Waals surface area contributed by atoms with Gasteiger partial charge in [-0.2, -0.15) is 5.10 Å². The zero-order valence-corrected chi connectivity index (χ0v) is 18.6. The van der Waals surface area contributed by atoms with Gasteiger partial charge in [0.05, 0.1) is 29.4 Å². The number of aryl methyl sites for hydroxylation is 1. The summed E-state index contributed by atoms with van der Waals surface area (Å²) in [6.07, 6.45) is 0.703. The summed E-state index contributed by atoms with van der Waals surface area (Å²) in [7, 11) is 1.55. The van der Waals surface area contributed by atoms with Crippen molar-refractivity contribution in [2.24, 2.45) is 0 Å². The molecule has 0 saturated carbocycles. The largest absolute Gasteiger partial charge is 0.383 e. The molecule has 2 aromatic heterocycles. The molecule has 4 aromatic rings. The lowest BCUT2D eigenvalue weighted by molar-refractivity contribution is 0.0669. The Hall–Kier alpha value is -3.85. The van der Waals surface area contributed by atoms with Gasteiger partial charge in [0, 0.05) is 25.6 Å². The molecule has 170 valence electrons. The van der Waals surface area contributed by atoms with Crippen LogP contribution in [0.1, 0.15) is 29.7 Å². The highest BCUT2D eigenvalue weighted by molar-refractivity contribution is 6.04. The van der Waals surface area contributed by atoms with Gasteiger partial charge in [-0.1, -0.05) is 37.3 Å². The van der Waals surface area contributed by atoms with E-state index in [1.807, 2.05) is 6.92 Å². The summed E-state index contributed by atoms with van der Waals surface area (Å²) < 4.78 is 6.53. The molecule has 0 aliphatic carbocycles. The molecule has 4 rings (SSSR count). The third-order valence-electron chi connectivity index (χ3n) is 5.36. The van der Waals surface area contributed by atoms with E-state index in [1.165, 1.54) is 9.58 Å². The Labute approximate surface area is 189 Å². The summed E-state index contributed by atoms with van der Waals surface area (Å²) >= 11 is 0. The van der Waals surface area contributed by atoms with Crippen molar-refractivity contribution in [1.82, 2.24) is 24.6 Å². The van der Waals surface area contributed by atoms with E-state index in [0.29, 0.717) is 40.5 Å². The number of carbonyl (C=O) groups excluding carboxylic acids is 1. The molecule has 0 bridgehead atoms. The van der Waals surface area contributed by atoms with Gasteiger partial charge in [-0.3, -0.25) is 14.4 Å². The quantitative estimate of drug-likeness (QED) is 0.444. The van der Waals surface area contributed by atoms with Gasteiger partial charge >= 0.3 is 0 Å². The molecule has 1 amide bonds. The second-order valence-electron chi connectivity index (χ2n) is 7.67. The molecule has 0 aliphatic rings. The van der Waals surface area contributed by atoms with E-state index in [9.17, 15) is 14.4 Å². The molecule has 2 heterocycles. The Balaban J connectivity index is 1.78. The number of H-pyrrole nitrogens is 1. The fourth-order valence-corrected chi connectivity index (χ4v) is 3.75. The molecule has 0 spiro atoms. The predicted molar refractivity (Wildman–Crippen MR) is 125 cm³/mol. The summed E-state index contributed by atoms with van der Waals surface area (Å²) in [5, 5.41) is 5.82. The number of hydrogen-bond acceptors (Lipinski definition) is 6. The number of carbonyl (C=O) groups is 1. The van der Waals surface area contributed by atoms with E-state index in [2.05, 4.69) is 15.1 Å². The Morgan fingerprint density at radius 3 is 2.48 bits per heavy atom. The van der Waals surface area contributed by atoms with Gasteiger partial charge in [0.25, 0.3) is 17.0 Å². The number of aromatic nitrogens is 4. The maximum Gasteiger partial charge on any atom is 0.275 e. The molecule has 0 fully saturated rings. The van der Waals surface area contributed by atoms with Gasteiger partial charge in [0.2, 0.25) is 0 Å². The lowest BCUT2D eigenvalue weighted by atomic mass is 10.1. The fraction of sp³-hybridized carbons (Fsp3) is 0.292. The second-order valence-corrected chi connectivity index (χ2v) is 7.67. The minimum Gasteiger partial charge on any atom is -0.383 e. The van der Waals surface area contributed by atoms with Crippen LogP contribution in [-0.4, -0.2) is 50.8 Å². The summed E-state index contributed by atoms with van der Waals surface area (Å²) in [5.74, 6) is -0.0155. The van der Waals surface area contributed by atoms with Crippen LogP contribution in [0.25, 0.3) is 21.7 Å². The average molecular weight is 447 g/mol. The van der Waals surface area contributed by atoms with E-state index >= 15 is 0 Å². The zero-order chi connectivity index (χ0) is 23.4. The van der Waals surface area contributed by atoms with Crippen LogP contribution in [0.3, 0.4) is 0 Å². The molecular formula is C24H25N5O4. The molecule has 9 heteroatoms. The van der Waals surface area contributed by atoms with Crippen LogP contribution < -0.4 is 11.1 Å². The third kappa shape index (κ3) is 4.54. The SMILES string of the molecule is CCCn1nc(C(=O)N(CCOC)Cc2nc3ccccc3c(=O)[nH]2)c2ccccc2c1=O. The van der Waals surface area contributed by atoms with Crippen LogP contribution in [0, 0.1) is 0 Å². The molecule has 33 heavy (non-hydrogen) atoms. The van der Waals surface area contributed by atoms with Crippen LogP contribution in [-0.2, 0) is 17.8 Å². The first kappa shape index (κ1) is 22.3. The number of hydrogen-bond donors (Lipinski definition) is 1. The van der Waals surface area contributed by atoms with E-state index in [1.54, 1.807) is 55.6 Å². The molecule has 0 saturated heterocycles. The standard InChI is InChI=1S/C24H25N5O4/c1-3-12-29-23(31)17-9-5-4-8-16(17)21(27-29)24(32)28(13-14-33-2)15-20-25-19-11-7-6-10-18(19)22(30)26-20/h4-11H,3,12-15H2,1-2H3,(H,25,26,30). The smallest absolute Gasteiger partial charge is 0.275 e. The van der Waals surface area contributed by atoms with Crippen LogP contribution in [0.5, 0.6) is 0 Å². The van der Waals surface area contributed by atoms with E-state index in [4.69, 9.17) is 4.74 Å². The minimum atomic E-state index is -0.371. The van der Waals surface area contributed by atoms with Crippen molar-refractivity contribution in [3.05, 3.63) is 80.8 Å². The van der Waals surface area contributed by atoms with Gasteiger partial charge in [0.15, 0.2) is 5.69 Å². The number of fused-ring (bicyclic) bond motifs is 2. The Bertz CT molecular complexity index is 1430. The Morgan fingerprint density at radius 2 is 1.76 bits per heavy atom. The maximum atomic E-state index is 13.7. The number of ether oxygens (including phenoxy) is 1. The Kier molecular flexibility index (Phi) is 6.60. The summed E-state index contributed by atoms with van der Waals surface area (Å²) in [4.78, 5) is 47.7. The molecular weight excluding hydrogens is 422 g/mol. The van der Waals surface area contributed by atoms with E-state index in [0.717, 1.165) is 0 Å². The summed E-state index contributed by atoms with van der Waals surface area (Å²) in [6.45, 7) is 2.95. The van der Waals surface area contributed by atoms with Gasteiger partial charge in [-0.15, -0.1) is 0 Å². The summed E-state index contributed by atoms with van der Waals surface area (Å²) in [6, 6.07) is 14.0. The molecule has 2 aromatic carbocycles. The normalized spacial score (nSPS) is 11.2. The third-order valence-corrected chi connectivity index (χ3v) is 5.36. The lowest BCUT2D eigenvalue weighted by Crippen LogP contribution is -2.37. The number of nitrogens with one attached hydrogen (secondary N) is 1. The van der Waals surface area contributed by atoms with Gasteiger partial charge in [0.1, 0.15) is 5.82 Å². The molecule has 9 nitrogen and oxygen atoms in total. The molecule has 0 atom stereocenters. The second kappa shape index (κ2) is 9.74. The molecule has 1 N–H and O–H groups in total. The van der Waals surface area contributed by atoms with Crippen molar-refractivity contribution in [3.63, 3.8) is 0 Å². The number of nitrogens with zero attached hydrogens (tertiary/aromatic N) is 4. The van der Waals surface area contributed by atoms with Crippen molar-refractivity contribution in [2.45, 2.75) is 26.4 Å². The van der Waals surface area contributed by atoms with E-state index in [-0.39, 0.29) is 42.4 Å². The number of benzene rings is 2. The minimum absolute atomic E-state index is 0.0607. The fourth-order valence-electron chi connectivity index (χ4n) is 3.75.